The van der Waals surface area contributed by atoms with Gasteiger partial charge in [0.1, 0.15) is 6.54 Å². The predicted molar refractivity (Wildman–Crippen MR) is 95.2 cm³/mol. The van der Waals surface area contributed by atoms with E-state index in [-0.39, 0.29) is 0 Å². The maximum absolute atomic E-state index is 2.36. The molecule has 1 radical (unpaired) electrons. The van der Waals surface area contributed by atoms with Gasteiger partial charge >= 0.3 is 0 Å². The molecule has 0 unspecified atom stereocenters. The Morgan fingerprint density at radius 2 is 1.33 bits per heavy atom. The number of hydrogen-bond acceptors (Lipinski definition) is 0. The van der Waals surface area contributed by atoms with Crippen molar-refractivity contribution in [2.45, 2.75) is 71.1 Å². The zero-order chi connectivity index (χ0) is 15.4. The molecule has 0 aromatic carbocycles. The highest BCUT2D eigenvalue weighted by molar-refractivity contribution is 5.33. The lowest BCUT2D eigenvalue weighted by Crippen LogP contribution is -2.41. The van der Waals surface area contributed by atoms with Crippen molar-refractivity contribution in [3.63, 3.8) is 0 Å². The monoisotopic (exact) mass is 291 g/mol. The van der Waals surface area contributed by atoms with E-state index in [1.165, 1.54) is 82.9 Å². The number of quaternary nitrogens is 1. The van der Waals surface area contributed by atoms with E-state index in [0.717, 1.165) is 4.48 Å². The van der Waals surface area contributed by atoms with Gasteiger partial charge in [0.15, 0.2) is 0 Å². The van der Waals surface area contributed by atoms with E-state index in [4.69, 9.17) is 0 Å². The Labute approximate surface area is 133 Å². The molecule has 1 nitrogen and oxygen atoms in total. The average Bonchev–Trinajstić information content (AvgIpc) is 2.93. The lowest BCUT2D eigenvalue weighted by Gasteiger charge is -2.30. The van der Waals surface area contributed by atoms with Gasteiger partial charge in [-0.3, -0.25) is 0 Å². The van der Waals surface area contributed by atoms with Gasteiger partial charge in [-0.25, -0.2) is 0 Å². The molecular weight excluding hydrogens is 254 g/mol. The van der Waals surface area contributed by atoms with Crippen molar-refractivity contribution in [3.05, 3.63) is 30.2 Å². The van der Waals surface area contributed by atoms with Crippen LogP contribution in [0.2, 0.25) is 0 Å². The molecule has 0 saturated heterocycles. The molecule has 0 amide bonds. The van der Waals surface area contributed by atoms with Crippen LogP contribution in [0.3, 0.4) is 0 Å². The highest BCUT2D eigenvalue weighted by Gasteiger charge is 2.17. The third-order valence-corrected chi connectivity index (χ3v) is 4.46. The minimum absolute atomic E-state index is 1.13. The van der Waals surface area contributed by atoms with Crippen molar-refractivity contribution in [1.29, 1.82) is 0 Å². The van der Waals surface area contributed by atoms with Crippen LogP contribution in [-0.2, 0) is 0 Å². The molecule has 21 heavy (non-hydrogen) atoms. The molecule has 0 bridgehead atoms. The minimum Gasteiger partial charge on any atom is -0.325 e. The topological polar surface area (TPSA) is 0 Å². The lowest BCUT2D eigenvalue weighted by molar-refractivity contribution is -0.885. The molecule has 0 aromatic rings. The van der Waals surface area contributed by atoms with Gasteiger partial charge in [-0.15, -0.1) is 0 Å². The van der Waals surface area contributed by atoms with Crippen LogP contribution in [0.5, 0.6) is 0 Å². The standard InChI is InChI=1S/C20H37N/c1-4-5-6-7-8-9-10-11-12-15-18-21(2,3)19-20-16-13-14-17-20/h13-14,16-17H,4-12,15,18-19H2,1-3H3/q+1. The zero-order valence-electron chi connectivity index (χ0n) is 14.7. The average molecular weight is 292 g/mol. The van der Waals surface area contributed by atoms with E-state index < -0.39 is 0 Å². The fraction of sp³-hybridized carbons (Fsp3) is 0.750. The van der Waals surface area contributed by atoms with Crippen LogP contribution in [0.4, 0.5) is 0 Å². The van der Waals surface area contributed by atoms with E-state index in [2.05, 4.69) is 45.7 Å². The summed E-state index contributed by atoms with van der Waals surface area (Å²) in [5.41, 5.74) is 1.48. The number of allylic oxidation sites excluding steroid dienone is 3. The van der Waals surface area contributed by atoms with Crippen LogP contribution in [0.15, 0.2) is 23.8 Å². The molecular formula is C20H37N+. The summed E-state index contributed by atoms with van der Waals surface area (Å²) in [5.74, 6) is 0. The Kier molecular flexibility index (Phi) is 9.74. The third kappa shape index (κ3) is 9.90. The molecule has 0 saturated carbocycles. The SMILES string of the molecule is CCCCCCCCCCCC[N+](C)(C)CC1=CC=C[CH]1. The summed E-state index contributed by atoms with van der Waals surface area (Å²) < 4.78 is 1.13. The van der Waals surface area contributed by atoms with Crippen molar-refractivity contribution >= 4 is 0 Å². The first-order valence-electron chi connectivity index (χ1n) is 9.16. The third-order valence-electron chi connectivity index (χ3n) is 4.46. The molecule has 0 aliphatic heterocycles. The molecule has 0 aromatic heterocycles. The Morgan fingerprint density at radius 3 is 1.86 bits per heavy atom. The van der Waals surface area contributed by atoms with E-state index >= 15 is 0 Å². The summed E-state index contributed by atoms with van der Waals surface area (Å²) in [6.45, 7) is 4.77. The number of likely N-dealkylation sites (N-methyl/N-ethyl adjacent to an activating group) is 1. The summed E-state index contributed by atoms with van der Waals surface area (Å²) in [5, 5.41) is 0. The first-order valence-corrected chi connectivity index (χ1v) is 9.16. The molecule has 1 rings (SSSR count). The van der Waals surface area contributed by atoms with E-state index in [1.54, 1.807) is 0 Å². The van der Waals surface area contributed by atoms with Gasteiger partial charge in [0, 0.05) is 6.42 Å². The predicted octanol–water partition coefficient (Wildman–Crippen LogP) is 5.68. The summed E-state index contributed by atoms with van der Waals surface area (Å²) in [6, 6.07) is 0. The summed E-state index contributed by atoms with van der Waals surface area (Å²) in [4.78, 5) is 0. The number of hydrogen-bond donors (Lipinski definition) is 0. The quantitative estimate of drug-likeness (QED) is 0.302. The lowest BCUT2D eigenvalue weighted by atomic mass is 10.1. The second-order valence-corrected chi connectivity index (χ2v) is 7.29. The normalized spacial score (nSPS) is 14.7. The van der Waals surface area contributed by atoms with Crippen LogP contribution >= 0.6 is 0 Å². The Hall–Kier alpha value is -0.560. The van der Waals surface area contributed by atoms with Crippen molar-refractivity contribution < 1.29 is 4.48 Å². The maximum atomic E-state index is 2.36. The van der Waals surface area contributed by atoms with E-state index in [0.29, 0.717) is 0 Å². The van der Waals surface area contributed by atoms with Gasteiger partial charge in [0.2, 0.25) is 0 Å². The molecule has 1 aliphatic rings. The second kappa shape index (κ2) is 11.1. The first kappa shape index (κ1) is 18.5. The maximum Gasteiger partial charge on any atom is 0.101 e. The summed E-state index contributed by atoms with van der Waals surface area (Å²) in [7, 11) is 4.72. The molecule has 0 spiro atoms. The van der Waals surface area contributed by atoms with Crippen LogP contribution in [-0.4, -0.2) is 31.7 Å². The summed E-state index contributed by atoms with van der Waals surface area (Å²) >= 11 is 0. The Balaban J connectivity index is 1.91. The molecule has 0 heterocycles. The Morgan fingerprint density at radius 1 is 0.762 bits per heavy atom. The van der Waals surface area contributed by atoms with Crippen molar-refractivity contribution in [3.8, 4) is 0 Å². The molecule has 0 N–H and O–H groups in total. The summed E-state index contributed by atoms with van der Waals surface area (Å²) in [6.07, 6.45) is 23.1. The van der Waals surface area contributed by atoms with Crippen LogP contribution in [0, 0.1) is 6.42 Å². The highest BCUT2D eigenvalue weighted by atomic mass is 15.3. The Bertz CT molecular complexity index is 312. The number of nitrogens with zero attached hydrogens (tertiary/aromatic N) is 1. The first-order chi connectivity index (χ1) is 10.1. The minimum atomic E-state index is 1.13. The smallest absolute Gasteiger partial charge is 0.101 e. The number of unbranched alkanes of at least 4 members (excludes halogenated alkanes) is 9. The van der Waals surface area contributed by atoms with Crippen LogP contribution in [0.1, 0.15) is 71.1 Å². The van der Waals surface area contributed by atoms with Crippen molar-refractivity contribution in [2.24, 2.45) is 0 Å². The second-order valence-electron chi connectivity index (χ2n) is 7.29. The molecule has 1 aliphatic carbocycles. The van der Waals surface area contributed by atoms with Crippen LogP contribution in [0.25, 0.3) is 0 Å². The van der Waals surface area contributed by atoms with Crippen LogP contribution < -0.4 is 0 Å². The van der Waals surface area contributed by atoms with Gasteiger partial charge in [-0.1, -0.05) is 76.5 Å². The van der Waals surface area contributed by atoms with Crippen molar-refractivity contribution in [1.82, 2.24) is 0 Å². The van der Waals surface area contributed by atoms with E-state index in [1.807, 2.05) is 0 Å². The van der Waals surface area contributed by atoms with Gasteiger partial charge in [0.05, 0.1) is 20.6 Å². The van der Waals surface area contributed by atoms with Gasteiger partial charge < -0.3 is 4.48 Å². The largest absolute Gasteiger partial charge is 0.325 e. The highest BCUT2D eigenvalue weighted by Crippen LogP contribution is 2.15. The molecule has 1 heteroatoms. The van der Waals surface area contributed by atoms with Gasteiger partial charge in [-0.05, 0) is 18.4 Å². The fourth-order valence-electron chi connectivity index (χ4n) is 3.12. The number of rotatable bonds is 13. The molecule has 0 fully saturated rings. The van der Waals surface area contributed by atoms with Gasteiger partial charge in [0.25, 0.3) is 0 Å². The fourth-order valence-corrected chi connectivity index (χ4v) is 3.12. The van der Waals surface area contributed by atoms with E-state index in [9.17, 15) is 0 Å². The molecule has 121 valence electrons. The molecule has 0 atom stereocenters. The van der Waals surface area contributed by atoms with Crippen molar-refractivity contribution in [2.75, 3.05) is 27.2 Å². The van der Waals surface area contributed by atoms with Gasteiger partial charge in [-0.2, -0.15) is 0 Å². The zero-order valence-corrected chi connectivity index (χ0v) is 14.7.